The topological polar surface area (TPSA) is 58.4 Å². The Kier molecular flexibility index (Phi) is 4.95. The minimum absolute atomic E-state index is 0.206. The van der Waals surface area contributed by atoms with Crippen LogP contribution in [0.25, 0.3) is 0 Å². The first kappa shape index (κ1) is 14.8. The van der Waals surface area contributed by atoms with Crippen molar-refractivity contribution in [2.45, 2.75) is 25.8 Å². The van der Waals surface area contributed by atoms with Gasteiger partial charge in [-0.1, -0.05) is 0 Å². The van der Waals surface area contributed by atoms with Gasteiger partial charge in [-0.15, -0.1) is 0 Å². The zero-order valence-corrected chi connectivity index (χ0v) is 11.9. The van der Waals surface area contributed by atoms with Crippen LogP contribution < -0.4 is 16.0 Å². The number of anilines is 1. The molecule has 1 aromatic carbocycles. The van der Waals surface area contributed by atoms with Crippen LogP contribution in [0, 0.1) is 11.7 Å². The largest absolute Gasteiger partial charge is 0.371 e. The monoisotopic (exact) mass is 279 g/mol. The number of piperidine rings is 1. The van der Waals surface area contributed by atoms with Crippen molar-refractivity contribution in [3.05, 3.63) is 29.6 Å². The predicted octanol–water partition coefficient (Wildman–Crippen LogP) is 1.64. The number of nitrogens with two attached hydrogens (primary N) is 1. The van der Waals surface area contributed by atoms with Gasteiger partial charge < -0.3 is 16.0 Å². The summed E-state index contributed by atoms with van der Waals surface area (Å²) in [5.41, 5.74) is 7.30. The van der Waals surface area contributed by atoms with E-state index in [-0.39, 0.29) is 11.7 Å². The fourth-order valence-corrected chi connectivity index (χ4v) is 2.86. The Balaban J connectivity index is 2.04. The first-order valence-corrected chi connectivity index (χ1v) is 7.06. The van der Waals surface area contributed by atoms with Crippen molar-refractivity contribution in [2.24, 2.45) is 11.7 Å². The minimum atomic E-state index is -0.221. The number of amides is 1. The van der Waals surface area contributed by atoms with Gasteiger partial charge in [-0.25, -0.2) is 4.39 Å². The lowest BCUT2D eigenvalue weighted by Gasteiger charge is -2.34. The van der Waals surface area contributed by atoms with Gasteiger partial charge in [0.1, 0.15) is 5.82 Å². The maximum absolute atomic E-state index is 13.3. The van der Waals surface area contributed by atoms with E-state index in [4.69, 9.17) is 5.73 Å². The molecule has 3 N–H and O–H groups in total. The van der Waals surface area contributed by atoms with E-state index in [1.54, 1.807) is 6.07 Å². The number of hydrogen-bond donors (Lipinski definition) is 2. The number of nitrogens with one attached hydrogen (secondary N) is 1. The molecule has 0 aliphatic carbocycles. The molecule has 20 heavy (non-hydrogen) atoms. The Hall–Kier alpha value is -1.62. The summed E-state index contributed by atoms with van der Waals surface area (Å²) in [5.74, 6) is -0.0410. The van der Waals surface area contributed by atoms with Crippen LogP contribution in [0.3, 0.4) is 0 Å². The van der Waals surface area contributed by atoms with E-state index in [1.807, 2.05) is 13.1 Å². The van der Waals surface area contributed by atoms with Gasteiger partial charge in [-0.2, -0.15) is 0 Å². The molecule has 2 rings (SSSR count). The molecule has 0 saturated carbocycles. The predicted molar refractivity (Wildman–Crippen MR) is 77.9 cm³/mol. The lowest BCUT2D eigenvalue weighted by atomic mass is 9.92. The van der Waals surface area contributed by atoms with Crippen LogP contribution in [0.15, 0.2) is 18.2 Å². The van der Waals surface area contributed by atoms with Crippen molar-refractivity contribution in [2.75, 3.05) is 25.0 Å². The summed E-state index contributed by atoms with van der Waals surface area (Å²) >= 11 is 0. The van der Waals surface area contributed by atoms with Crippen LogP contribution in [0.2, 0.25) is 0 Å². The quantitative estimate of drug-likeness (QED) is 0.861. The third-order valence-corrected chi connectivity index (χ3v) is 3.85. The van der Waals surface area contributed by atoms with E-state index in [9.17, 15) is 9.18 Å². The highest BCUT2D eigenvalue weighted by Crippen LogP contribution is 2.28. The molecule has 1 saturated heterocycles. The average Bonchev–Trinajstić information content (AvgIpc) is 2.40. The van der Waals surface area contributed by atoms with Gasteiger partial charge in [0.2, 0.25) is 5.91 Å². The Morgan fingerprint density at radius 3 is 2.75 bits per heavy atom. The molecule has 1 aliphatic heterocycles. The molecule has 0 bridgehead atoms. The molecule has 0 unspecified atom stereocenters. The Bertz CT molecular complexity index is 470. The van der Waals surface area contributed by atoms with Crippen molar-refractivity contribution in [1.82, 2.24) is 5.32 Å². The van der Waals surface area contributed by atoms with Crippen molar-refractivity contribution in [1.29, 1.82) is 0 Å². The molecule has 1 heterocycles. The fourth-order valence-electron chi connectivity index (χ4n) is 2.86. The van der Waals surface area contributed by atoms with Crippen molar-refractivity contribution >= 4 is 11.6 Å². The number of hydrogen-bond acceptors (Lipinski definition) is 3. The number of halogens is 1. The molecule has 0 radical (unpaired) electrons. The highest BCUT2D eigenvalue weighted by molar-refractivity contribution is 5.74. The molecular weight excluding hydrogens is 257 g/mol. The average molecular weight is 279 g/mol. The van der Waals surface area contributed by atoms with Gasteiger partial charge in [0, 0.05) is 31.7 Å². The molecule has 4 nitrogen and oxygen atoms in total. The van der Waals surface area contributed by atoms with Crippen LogP contribution in [0.1, 0.15) is 24.8 Å². The first-order chi connectivity index (χ1) is 9.60. The second-order valence-electron chi connectivity index (χ2n) is 5.40. The number of primary amides is 1. The van der Waals surface area contributed by atoms with Gasteiger partial charge >= 0.3 is 0 Å². The van der Waals surface area contributed by atoms with E-state index in [2.05, 4.69) is 10.2 Å². The van der Waals surface area contributed by atoms with Gasteiger partial charge in [0.25, 0.3) is 0 Å². The van der Waals surface area contributed by atoms with E-state index < -0.39 is 0 Å². The summed E-state index contributed by atoms with van der Waals surface area (Å²) in [5, 5.41) is 3.07. The molecule has 0 atom stereocenters. The summed E-state index contributed by atoms with van der Waals surface area (Å²) in [4.78, 5) is 13.2. The number of carbonyl (C=O) groups excluding carboxylic acids is 1. The molecule has 5 heteroatoms. The number of rotatable bonds is 5. The summed E-state index contributed by atoms with van der Waals surface area (Å²) in [7, 11) is 1.85. The van der Waals surface area contributed by atoms with Crippen molar-refractivity contribution in [3.63, 3.8) is 0 Å². The highest BCUT2D eigenvalue weighted by Gasteiger charge is 2.22. The summed E-state index contributed by atoms with van der Waals surface area (Å²) in [6, 6.07) is 4.93. The van der Waals surface area contributed by atoms with Crippen LogP contribution in [-0.4, -0.2) is 26.0 Å². The SMILES string of the molecule is CNCc1cc(F)ccc1N1CCC(CC(N)=O)CC1. The lowest BCUT2D eigenvalue weighted by Crippen LogP contribution is -2.35. The van der Waals surface area contributed by atoms with Gasteiger partial charge in [-0.05, 0) is 49.6 Å². The summed E-state index contributed by atoms with van der Waals surface area (Å²) in [6.07, 6.45) is 2.39. The van der Waals surface area contributed by atoms with E-state index >= 15 is 0 Å². The van der Waals surface area contributed by atoms with E-state index in [0.717, 1.165) is 37.2 Å². The Morgan fingerprint density at radius 1 is 1.45 bits per heavy atom. The molecule has 0 spiro atoms. The van der Waals surface area contributed by atoms with Gasteiger partial charge in [-0.3, -0.25) is 4.79 Å². The van der Waals surface area contributed by atoms with Crippen LogP contribution in [0.4, 0.5) is 10.1 Å². The molecule has 1 aliphatic rings. The molecule has 1 aromatic rings. The smallest absolute Gasteiger partial charge is 0.217 e. The maximum atomic E-state index is 13.3. The molecule has 110 valence electrons. The summed E-state index contributed by atoms with van der Waals surface area (Å²) in [6.45, 7) is 2.43. The van der Waals surface area contributed by atoms with Crippen LogP contribution in [0.5, 0.6) is 0 Å². The number of benzene rings is 1. The fraction of sp³-hybridized carbons (Fsp3) is 0.533. The Labute approximate surface area is 119 Å². The summed E-state index contributed by atoms with van der Waals surface area (Å²) < 4.78 is 13.3. The van der Waals surface area contributed by atoms with E-state index in [0.29, 0.717) is 18.9 Å². The van der Waals surface area contributed by atoms with E-state index in [1.165, 1.54) is 6.07 Å². The normalized spacial score (nSPS) is 16.4. The van der Waals surface area contributed by atoms with Gasteiger partial charge in [0.05, 0.1) is 0 Å². The third kappa shape index (κ3) is 3.70. The van der Waals surface area contributed by atoms with Crippen molar-refractivity contribution < 1.29 is 9.18 Å². The Morgan fingerprint density at radius 2 is 2.15 bits per heavy atom. The zero-order chi connectivity index (χ0) is 14.5. The minimum Gasteiger partial charge on any atom is -0.371 e. The van der Waals surface area contributed by atoms with Crippen LogP contribution in [-0.2, 0) is 11.3 Å². The van der Waals surface area contributed by atoms with Crippen LogP contribution >= 0.6 is 0 Å². The standard InChI is InChI=1S/C15H22FN3O/c1-18-10-12-9-13(16)2-3-14(12)19-6-4-11(5-7-19)8-15(17)20/h2-3,9,11,18H,4-8,10H2,1H3,(H2,17,20). The third-order valence-electron chi connectivity index (χ3n) is 3.85. The number of nitrogens with zero attached hydrogens (tertiary/aromatic N) is 1. The highest BCUT2D eigenvalue weighted by atomic mass is 19.1. The maximum Gasteiger partial charge on any atom is 0.217 e. The zero-order valence-electron chi connectivity index (χ0n) is 11.9. The molecule has 1 fully saturated rings. The first-order valence-electron chi connectivity index (χ1n) is 7.06. The second-order valence-corrected chi connectivity index (χ2v) is 5.40. The molecular formula is C15H22FN3O. The molecule has 1 amide bonds. The second kappa shape index (κ2) is 6.70. The molecule has 0 aromatic heterocycles. The lowest BCUT2D eigenvalue weighted by molar-refractivity contribution is -0.119. The van der Waals surface area contributed by atoms with Crippen molar-refractivity contribution in [3.8, 4) is 0 Å². The number of carbonyl (C=O) groups is 1. The van der Waals surface area contributed by atoms with Gasteiger partial charge in [0.15, 0.2) is 0 Å².